The van der Waals surface area contributed by atoms with Crippen molar-refractivity contribution < 1.29 is 19.4 Å². The number of hydrogen-bond donors (Lipinski definition) is 1. The van der Waals surface area contributed by atoms with Crippen LogP contribution in [-0.4, -0.2) is 34.9 Å². The van der Waals surface area contributed by atoms with E-state index in [2.05, 4.69) is 0 Å². The summed E-state index contributed by atoms with van der Waals surface area (Å²) in [5.74, 6) is 0.681. The molecule has 2 aromatic rings. The zero-order valence-corrected chi connectivity index (χ0v) is 16.7. The molecule has 2 rings (SSSR count). The number of carbonyl (C=O) groups excluding carboxylic acids is 1. The fraction of sp³-hybridized carbons (Fsp3) is 0.381. The monoisotopic (exact) mass is 391 g/mol. The second-order valence-corrected chi connectivity index (χ2v) is 7.56. The molecule has 0 radical (unpaired) electrons. The number of aliphatic hydroxyl groups excluding tert-OH is 1. The Morgan fingerprint density at radius 1 is 1.15 bits per heavy atom. The van der Waals surface area contributed by atoms with E-state index >= 15 is 0 Å². The Labute approximate surface area is 165 Å². The number of aliphatic hydroxyl groups is 1. The Morgan fingerprint density at radius 3 is 2.56 bits per heavy atom. The van der Waals surface area contributed by atoms with Crippen LogP contribution in [0.15, 0.2) is 48.5 Å². The summed E-state index contributed by atoms with van der Waals surface area (Å²) in [5.41, 5.74) is 1.19. The van der Waals surface area contributed by atoms with Gasteiger partial charge in [0.05, 0.1) is 6.61 Å². The van der Waals surface area contributed by atoms with Crippen LogP contribution in [0.1, 0.15) is 31.9 Å². The van der Waals surface area contributed by atoms with Crippen molar-refractivity contribution in [2.45, 2.75) is 39.5 Å². The van der Waals surface area contributed by atoms with Crippen LogP contribution in [0.5, 0.6) is 5.75 Å². The zero-order chi connectivity index (χ0) is 19.9. The molecule has 1 amide bonds. The van der Waals surface area contributed by atoms with Crippen molar-refractivity contribution in [3.05, 3.63) is 64.7 Å². The fourth-order valence-corrected chi connectivity index (χ4v) is 2.60. The van der Waals surface area contributed by atoms with Crippen LogP contribution < -0.4 is 4.74 Å². The third-order valence-corrected chi connectivity index (χ3v) is 4.01. The van der Waals surface area contributed by atoms with Gasteiger partial charge in [0.2, 0.25) is 0 Å². The minimum Gasteiger partial charge on any atom is -0.489 e. The van der Waals surface area contributed by atoms with Crippen molar-refractivity contribution >= 4 is 17.7 Å². The Bertz CT molecular complexity index is 758. The van der Waals surface area contributed by atoms with Gasteiger partial charge in [-0.25, -0.2) is 4.79 Å². The highest BCUT2D eigenvalue weighted by Gasteiger charge is 2.22. The van der Waals surface area contributed by atoms with E-state index in [0.717, 1.165) is 11.1 Å². The van der Waals surface area contributed by atoms with Gasteiger partial charge in [-0.15, -0.1) is 0 Å². The van der Waals surface area contributed by atoms with Crippen molar-refractivity contribution in [3.63, 3.8) is 0 Å². The average Bonchev–Trinajstić information content (AvgIpc) is 2.59. The third-order valence-electron chi connectivity index (χ3n) is 3.65. The highest BCUT2D eigenvalue weighted by molar-refractivity contribution is 6.31. The van der Waals surface area contributed by atoms with Crippen LogP contribution >= 0.6 is 11.6 Å². The van der Waals surface area contributed by atoms with E-state index in [0.29, 0.717) is 23.9 Å². The summed E-state index contributed by atoms with van der Waals surface area (Å²) in [6.45, 7) is 6.16. The molecule has 0 atom stereocenters. The maximum Gasteiger partial charge on any atom is 0.410 e. The van der Waals surface area contributed by atoms with E-state index in [-0.39, 0.29) is 13.2 Å². The standard InChI is InChI=1S/C21H26ClNO4/c1-21(2,3)27-20(25)23(11-12-24)14-16-7-6-9-18(13-16)26-15-17-8-4-5-10-19(17)22/h4-10,13,24H,11-12,14-15H2,1-3H3. The van der Waals surface area contributed by atoms with Crippen molar-refractivity contribution in [2.24, 2.45) is 0 Å². The lowest BCUT2D eigenvalue weighted by molar-refractivity contribution is 0.0201. The molecule has 0 fully saturated rings. The molecule has 5 nitrogen and oxygen atoms in total. The van der Waals surface area contributed by atoms with E-state index in [1.54, 1.807) is 0 Å². The number of benzene rings is 2. The predicted octanol–water partition coefficient (Wildman–Crippen LogP) is 4.65. The smallest absolute Gasteiger partial charge is 0.410 e. The first kappa shape index (κ1) is 21.1. The Kier molecular flexibility index (Phi) is 7.51. The lowest BCUT2D eigenvalue weighted by atomic mass is 10.2. The van der Waals surface area contributed by atoms with Gasteiger partial charge < -0.3 is 19.5 Å². The highest BCUT2D eigenvalue weighted by atomic mass is 35.5. The Morgan fingerprint density at radius 2 is 1.89 bits per heavy atom. The summed E-state index contributed by atoms with van der Waals surface area (Å²) in [5, 5.41) is 9.93. The van der Waals surface area contributed by atoms with Gasteiger partial charge in [-0.2, -0.15) is 0 Å². The van der Waals surface area contributed by atoms with Crippen molar-refractivity contribution in [1.29, 1.82) is 0 Å². The first-order chi connectivity index (χ1) is 12.8. The maximum atomic E-state index is 12.3. The summed E-state index contributed by atoms with van der Waals surface area (Å²) in [6.07, 6.45) is -0.459. The number of nitrogens with zero attached hydrogens (tertiary/aromatic N) is 1. The van der Waals surface area contributed by atoms with Crippen LogP contribution in [0, 0.1) is 0 Å². The number of hydrogen-bond acceptors (Lipinski definition) is 4. The van der Waals surface area contributed by atoms with E-state index in [1.807, 2.05) is 69.3 Å². The van der Waals surface area contributed by atoms with E-state index < -0.39 is 11.7 Å². The largest absolute Gasteiger partial charge is 0.489 e. The van der Waals surface area contributed by atoms with Crippen molar-refractivity contribution in [2.75, 3.05) is 13.2 Å². The Hall–Kier alpha value is -2.24. The fourth-order valence-electron chi connectivity index (χ4n) is 2.41. The second kappa shape index (κ2) is 9.62. The topological polar surface area (TPSA) is 59.0 Å². The molecule has 1 N–H and O–H groups in total. The average molecular weight is 392 g/mol. The van der Waals surface area contributed by atoms with Gasteiger partial charge in [0, 0.05) is 23.7 Å². The normalized spacial score (nSPS) is 11.1. The van der Waals surface area contributed by atoms with Gasteiger partial charge in [0.25, 0.3) is 0 Å². The molecule has 0 aromatic heterocycles. The molecule has 146 valence electrons. The van der Waals surface area contributed by atoms with E-state index in [4.69, 9.17) is 21.1 Å². The summed E-state index contributed by atoms with van der Waals surface area (Å²) < 4.78 is 11.2. The first-order valence-electron chi connectivity index (χ1n) is 8.82. The van der Waals surface area contributed by atoms with Crippen LogP contribution in [0.25, 0.3) is 0 Å². The third kappa shape index (κ3) is 7.12. The molecular weight excluding hydrogens is 366 g/mol. The minimum atomic E-state index is -0.593. The number of carbonyl (C=O) groups is 1. The van der Waals surface area contributed by atoms with Crippen LogP contribution in [0.3, 0.4) is 0 Å². The van der Waals surface area contributed by atoms with E-state index in [1.165, 1.54) is 4.90 Å². The van der Waals surface area contributed by atoms with Crippen molar-refractivity contribution in [1.82, 2.24) is 4.90 Å². The molecule has 0 aliphatic carbocycles. The van der Waals surface area contributed by atoms with Gasteiger partial charge in [0.15, 0.2) is 0 Å². The number of amides is 1. The summed E-state index contributed by atoms with van der Waals surface area (Å²) in [4.78, 5) is 13.8. The summed E-state index contributed by atoms with van der Waals surface area (Å²) in [6, 6.07) is 15.0. The zero-order valence-electron chi connectivity index (χ0n) is 15.9. The van der Waals surface area contributed by atoms with Gasteiger partial charge in [0.1, 0.15) is 18.0 Å². The summed E-state index contributed by atoms with van der Waals surface area (Å²) in [7, 11) is 0. The molecule has 0 heterocycles. The minimum absolute atomic E-state index is 0.137. The molecule has 2 aromatic carbocycles. The summed E-state index contributed by atoms with van der Waals surface area (Å²) >= 11 is 6.15. The number of rotatable bonds is 7. The molecule has 0 unspecified atom stereocenters. The Balaban J connectivity index is 2.04. The molecule has 6 heteroatoms. The SMILES string of the molecule is CC(C)(C)OC(=O)N(CCO)Cc1cccc(OCc2ccccc2Cl)c1. The molecule has 0 spiro atoms. The van der Waals surface area contributed by atoms with Gasteiger partial charge in [-0.3, -0.25) is 0 Å². The highest BCUT2D eigenvalue weighted by Crippen LogP contribution is 2.20. The second-order valence-electron chi connectivity index (χ2n) is 7.15. The lowest BCUT2D eigenvalue weighted by Gasteiger charge is -2.27. The first-order valence-corrected chi connectivity index (χ1v) is 9.20. The predicted molar refractivity (Wildman–Crippen MR) is 106 cm³/mol. The lowest BCUT2D eigenvalue weighted by Crippen LogP contribution is -2.38. The molecular formula is C21H26ClNO4. The van der Waals surface area contributed by atoms with Gasteiger partial charge in [-0.1, -0.05) is 41.9 Å². The number of halogens is 1. The molecule has 0 saturated carbocycles. The van der Waals surface area contributed by atoms with Crippen molar-refractivity contribution in [3.8, 4) is 5.75 Å². The molecule has 0 aliphatic heterocycles. The molecule has 27 heavy (non-hydrogen) atoms. The van der Waals surface area contributed by atoms with Crippen LogP contribution in [-0.2, 0) is 17.9 Å². The molecule has 0 aliphatic rings. The van der Waals surface area contributed by atoms with Gasteiger partial charge >= 0.3 is 6.09 Å². The van der Waals surface area contributed by atoms with E-state index in [9.17, 15) is 9.90 Å². The van der Waals surface area contributed by atoms with Crippen LogP contribution in [0.2, 0.25) is 5.02 Å². The number of ether oxygens (including phenoxy) is 2. The van der Waals surface area contributed by atoms with Gasteiger partial charge in [-0.05, 0) is 44.5 Å². The van der Waals surface area contributed by atoms with Crippen LogP contribution in [0.4, 0.5) is 4.79 Å². The quantitative estimate of drug-likeness (QED) is 0.746. The molecule has 0 bridgehead atoms. The molecule has 0 saturated heterocycles. The maximum absolute atomic E-state index is 12.3.